The normalized spacial score (nSPS) is 14.2. The van der Waals surface area contributed by atoms with Gasteiger partial charge in [0.2, 0.25) is 5.91 Å². The Labute approximate surface area is 216 Å². The molecule has 3 heterocycles. The van der Waals surface area contributed by atoms with Crippen LogP contribution in [0.3, 0.4) is 0 Å². The van der Waals surface area contributed by atoms with Gasteiger partial charge in [-0.25, -0.2) is 0 Å². The van der Waals surface area contributed by atoms with E-state index in [9.17, 15) is 9.59 Å². The predicted molar refractivity (Wildman–Crippen MR) is 143 cm³/mol. The zero-order chi connectivity index (χ0) is 25.6. The third-order valence-corrected chi connectivity index (χ3v) is 6.54. The first-order valence-corrected chi connectivity index (χ1v) is 12.5. The number of benzene rings is 2. The molecule has 0 radical (unpaired) electrons. The summed E-state index contributed by atoms with van der Waals surface area (Å²) in [5.74, 6) is -0.161. The van der Waals surface area contributed by atoms with Gasteiger partial charge in [0.05, 0.1) is 24.0 Å². The molecule has 188 valence electrons. The number of piperidine rings is 1. The monoisotopic (exact) mass is 494 g/mol. The minimum Gasteiger partial charge on any atom is -0.349 e. The van der Waals surface area contributed by atoms with E-state index in [2.05, 4.69) is 22.5 Å². The van der Waals surface area contributed by atoms with Crippen LogP contribution in [0.5, 0.6) is 0 Å². The van der Waals surface area contributed by atoms with Crippen molar-refractivity contribution in [2.24, 2.45) is 7.05 Å². The van der Waals surface area contributed by atoms with E-state index in [4.69, 9.17) is 5.10 Å². The number of aryl methyl sites for hydroxylation is 1. The molecule has 0 atom stereocenters. The van der Waals surface area contributed by atoms with Gasteiger partial charge in [-0.05, 0) is 24.5 Å². The molecule has 2 aromatic heterocycles. The molecule has 1 aliphatic heterocycles. The van der Waals surface area contributed by atoms with Crippen LogP contribution in [0, 0.1) is 0 Å². The van der Waals surface area contributed by atoms with Crippen molar-refractivity contribution < 1.29 is 9.59 Å². The van der Waals surface area contributed by atoms with Gasteiger partial charge in [0.25, 0.3) is 5.91 Å². The van der Waals surface area contributed by atoms with Crippen molar-refractivity contribution in [2.75, 3.05) is 13.1 Å². The summed E-state index contributed by atoms with van der Waals surface area (Å²) >= 11 is 0. The second-order valence-corrected chi connectivity index (χ2v) is 9.29. The maximum atomic E-state index is 13.0. The first-order chi connectivity index (χ1) is 18.0. The van der Waals surface area contributed by atoms with Gasteiger partial charge in [-0.1, -0.05) is 60.7 Å². The Hall–Kier alpha value is -4.46. The van der Waals surface area contributed by atoms with Gasteiger partial charge in [0.15, 0.2) is 0 Å². The van der Waals surface area contributed by atoms with Gasteiger partial charge in [0, 0.05) is 55.8 Å². The van der Waals surface area contributed by atoms with Gasteiger partial charge >= 0.3 is 0 Å². The molecule has 0 spiro atoms. The number of hydrogen-bond donors (Lipinski definition) is 1. The Balaban J connectivity index is 1.23. The summed E-state index contributed by atoms with van der Waals surface area (Å²) < 4.78 is 3.52. The molecule has 37 heavy (non-hydrogen) atoms. The number of nitrogens with zero attached hydrogens (tertiary/aromatic N) is 5. The molecule has 0 aliphatic carbocycles. The summed E-state index contributed by atoms with van der Waals surface area (Å²) in [6.07, 6.45) is 10.2. The fourth-order valence-corrected chi connectivity index (χ4v) is 4.55. The predicted octanol–water partition coefficient (Wildman–Crippen LogP) is 3.77. The van der Waals surface area contributed by atoms with Gasteiger partial charge in [0.1, 0.15) is 0 Å². The Kier molecular flexibility index (Phi) is 7.26. The average molecular weight is 495 g/mol. The molecular weight excluding hydrogens is 464 g/mol. The number of nitrogens with one attached hydrogen (secondary N) is 1. The average Bonchev–Trinajstić information content (AvgIpc) is 3.55. The zero-order valence-corrected chi connectivity index (χ0v) is 20.8. The molecule has 5 rings (SSSR count). The van der Waals surface area contributed by atoms with Crippen LogP contribution >= 0.6 is 0 Å². The zero-order valence-electron chi connectivity index (χ0n) is 20.8. The standard InChI is InChI=1S/C29H30N6O2/c1-33-20-25(18-30-33)29(37)31-26-14-16-34(17-15-26)27(36)13-12-24-21-35(19-22-8-4-2-5-9-22)32-28(24)23-10-6-3-7-11-23/h2-13,18,20-21,26H,14-17,19H2,1H3,(H,31,37)/b13-12+. The molecular formula is C29H30N6O2. The fraction of sp³-hybridized carbons (Fsp3) is 0.241. The largest absolute Gasteiger partial charge is 0.349 e. The first-order valence-electron chi connectivity index (χ1n) is 12.5. The van der Waals surface area contributed by atoms with Crippen molar-refractivity contribution in [3.8, 4) is 11.3 Å². The molecule has 0 unspecified atom stereocenters. The number of carbonyl (C=O) groups is 2. The fourth-order valence-electron chi connectivity index (χ4n) is 4.55. The number of likely N-dealkylation sites (tertiary alicyclic amines) is 1. The second-order valence-electron chi connectivity index (χ2n) is 9.29. The number of hydrogen-bond acceptors (Lipinski definition) is 4. The van der Waals surface area contributed by atoms with E-state index < -0.39 is 0 Å². The lowest BCUT2D eigenvalue weighted by atomic mass is 10.0. The lowest BCUT2D eigenvalue weighted by Gasteiger charge is -2.31. The lowest BCUT2D eigenvalue weighted by Crippen LogP contribution is -2.46. The van der Waals surface area contributed by atoms with Crippen LogP contribution in [0.2, 0.25) is 0 Å². The molecule has 2 aromatic carbocycles. The Morgan fingerprint density at radius 2 is 1.70 bits per heavy atom. The molecule has 4 aromatic rings. The van der Waals surface area contributed by atoms with Gasteiger partial charge in [-0.3, -0.25) is 19.0 Å². The Morgan fingerprint density at radius 1 is 1.00 bits per heavy atom. The molecule has 0 bridgehead atoms. The molecule has 8 heteroatoms. The summed E-state index contributed by atoms with van der Waals surface area (Å²) in [5.41, 5.74) is 4.46. The van der Waals surface area contributed by atoms with Gasteiger partial charge in [-0.2, -0.15) is 10.2 Å². The summed E-state index contributed by atoms with van der Waals surface area (Å²) in [6.45, 7) is 1.85. The van der Waals surface area contributed by atoms with Crippen LogP contribution < -0.4 is 5.32 Å². The van der Waals surface area contributed by atoms with Crippen LogP contribution in [0.25, 0.3) is 17.3 Å². The quantitative estimate of drug-likeness (QED) is 0.397. The summed E-state index contributed by atoms with van der Waals surface area (Å²) in [6, 6.07) is 20.2. The van der Waals surface area contributed by atoms with E-state index in [1.54, 1.807) is 30.2 Å². The highest BCUT2D eigenvalue weighted by Gasteiger charge is 2.23. The lowest BCUT2D eigenvalue weighted by molar-refractivity contribution is -0.126. The van der Waals surface area contributed by atoms with Crippen molar-refractivity contribution in [1.29, 1.82) is 0 Å². The van der Waals surface area contributed by atoms with Crippen molar-refractivity contribution in [1.82, 2.24) is 29.8 Å². The van der Waals surface area contributed by atoms with Crippen LogP contribution in [0.15, 0.2) is 85.3 Å². The van der Waals surface area contributed by atoms with Gasteiger partial charge in [-0.15, -0.1) is 0 Å². The number of rotatable bonds is 7. The maximum absolute atomic E-state index is 13.0. The summed E-state index contributed by atoms with van der Waals surface area (Å²) in [7, 11) is 1.78. The third-order valence-electron chi connectivity index (χ3n) is 6.54. The van der Waals surface area contributed by atoms with E-state index in [0.29, 0.717) is 25.2 Å². The van der Waals surface area contributed by atoms with Crippen molar-refractivity contribution in [3.63, 3.8) is 0 Å². The molecule has 1 fully saturated rings. The molecule has 8 nitrogen and oxygen atoms in total. The first kappa shape index (κ1) is 24.2. The third kappa shape index (κ3) is 6.03. The number of carbonyl (C=O) groups excluding carboxylic acids is 2. The summed E-state index contributed by atoms with van der Waals surface area (Å²) in [4.78, 5) is 27.2. The Morgan fingerprint density at radius 3 is 2.38 bits per heavy atom. The van der Waals surface area contributed by atoms with E-state index in [-0.39, 0.29) is 17.9 Å². The SMILES string of the molecule is Cn1cc(C(=O)NC2CCN(C(=O)/C=C/c3cn(Cc4ccccc4)nc3-c3ccccc3)CC2)cn1. The smallest absolute Gasteiger partial charge is 0.254 e. The minimum absolute atomic E-state index is 0.0353. The maximum Gasteiger partial charge on any atom is 0.254 e. The van der Waals surface area contributed by atoms with E-state index in [1.807, 2.05) is 70.4 Å². The minimum atomic E-state index is -0.126. The highest BCUT2D eigenvalue weighted by molar-refractivity contribution is 5.94. The van der Waals surface area contributed by atoms with Crippen LogP contribution in [0.1, 0.15) is 34.3 Å². The van der Waals surface area contributed by atoms with Gasteiger partial charge < -0.3 is 10.2 Å². The molecule has 1 aliphatic rings. The number of aromatic nitrogens is 4. The topological polar surface area (TPSA) is 85.0 Å². The molecule has 2 amide bonds. The van der Waals surface area contributed by atoms with Crippen molar-refractivity contribution >= 4 is 17.9 Å². The van der Waals surface area contributed by atoms with Crippen LogP contribution in [-0.2, 0) is 18.4 Å². The highest BCUT2D eigenvalue weighted by Crippen LogP contribution is 2.24. The van der Waals surface area contributed by atoms with Crippen LogP contribution in [0.4, 0.5) is 0 Å². The van der Waals surface area contributed by atoms with Crippen molar-refractivity contribution in [3.05, 3.63) is 102 Å². The van der Waals surface area contributed by atoms with E-state index in [0.717, 1.165) is 35.2 Å². The van der Waals surface area contributed by atoms with Crippen molar-refractivity contribution in [2.45, 2.75) is 25.4 Å². The highest BCUT2D eigenvalue weighted by atomic mass is 16.2. The molecule has 1 saturated heterocycles. The molecule has 1 N–H and O–H groups in total. The van der Waals surface area contributed by atoms with E-state index in [1.165, 1.54) is 0 Å². The number of amides is 2. The summed E-state index contributed by atoms with van der Waals surface area (Å²) in [5, 5.41) is 11.9. The van der Waals surface area contributed by atoms with Crippen LogP contribution in [-0.4, -0.2) is 55.4 Å². The Bertz CT molecular complexity index is 1380. The molecule has 0 saturated carbocycles. The second kappa shape index (κ2) is 11.1. The van der Waals surface area contributed by atoms with E-state index >= 15 is 0 Å².